The molecular formula is C12H10BrNO3. The predicted octanol–water partition coefficient (Wildman–Crippen LogP) is 2.24. The number of carbonyl (C=O) groups excluding carboxylic acids is 1. The zero-order valence-electron chi connectivity index (χ0n) is 9.14. The van der Waals surface area contributed by atoms with Gasteiger partial charge in [0.1, 0.15) is 5.56 Å². The summed E-state index contributed by atoms with van der Waals surface area (Å²) in [6.45, 7) is 1.95. The molecule has 0 saturated carbocycles. The first-order valence-electron chi connectivity index (χ1n) is 5.11. The van der Waals surface area contributed by atoms with Gasteiger partial charge >= 0.3 is 5.97 Å². The SMILES string of the molecule is CCOC(=O)c1ccc2cc(Br)ccn2c1=O. The number of halogens is 1. The summed E-state index contributed by atoms with van der Waals surface area (Å²) in [5, 5.41) is 0. The second-order valence-electron chi connectivity index (χ2n) is 3.41. The molecule has 0 spiro atoms. The van der Waals surface area contributed by atoms with Crippen molar-refractivity contribution in [2.45, 2.75) is 6.92 Å². The molecule has 0 atom stereocenters. The number of pyridine rings is 2. The molecule has 0 N–H and O–H groups in total. The molecule has 5 heteroatoms. The number of fused-ring (bicyclic) bond motifs is 1. The first kappa shape index (κ1) is 11.9. The number of esters is 1. The van der Waals surface area contributed by atoms with E-state index in [9.17, 15) is 9.59 Å². The van der Waals surface area contributed by atoms with E-state index in [0.29, 0.717) is 0 Å². The number of rotatable bonds is 2. The van der Waals surface area contributed by atoms with Gasteiger partial charge in [-0.25, -0.2) is 4.79 Å². The number of hydrogen-bond acceptors (Lipinski definition) is 3. The molecule has 0 aliphatic heterocycles. The van der Waals surface area contributed by atoms with Crippen molar-refractivity contribution in [3.8, 4) is 0 Å². The molecule has 0 aliphatic carbocycles. The van der Waals surface area contributed by atoms with Crippen LogP contribution in [0.25, 0.3) is 5.52 Å². The molecule has 2 rings (SSSR count). The summed E-state index contributed by atoms with van der Waals surface area (Å²) >= 11 is 3.32. The van der Waals surface area contributed by atoms with Crippen LogP contribution in [0.15, 0.2) is 39.7 Å². The topological polar surface area (TPSA) is 47.8 Å². The van der Waals surface area contributed by atoms with Crippen LogP contribution in [-0.4, -0.2) is 17.0 Å². The van der Waals surface area contributed by atoms with E-state index in [-0.39, 0.29) is 17.7 Å². The molecule has 2 aromatic rings. The summed E-state index contributed by atoms with van der Waals surface area (Å²) in [7, 11) is 0. The molecule has 0 saturated heterocycles. The van der Waals surface area contributed by atoms with Crippen molar-refractivity contribution in [2.24, 2.45) is 0 Å². The van der Waals surface area contributed by atoms with Crippen molar-refractivity contribution in [2.75, 3.05) is 6.61 Å². The van der Waals surface area contributed by atoms with Gasteiger partial charge in [-0.15, -0.1) is 0 Å². The molecule has 2 aromatic heterocycles. The Morgan fingerprint density at radius 2 is 2.18 bits per heavy atom. The minimum atomic E-state index is -0.588. The van der Waals surface area contributed by atoms with Gasteiger partial charge in [-0.2, -0.15) is 0 Å². The Kier molecular flexibility index (Phi) is 3.28. The summed E-state index contributed by atoms with van der Waals surface area (Å²) in [6, 6.07) is 6.74. The van der Waals surface area contributed by atoms with Crippen LogP contribution in [0.5, 0.6) is 0 Å². The van der Waals surface area contributed by atoms with E-state index < -0.39 is 5.97 Å². The maximum Gasteiger partial charge on any atom is 0.343 e. The second-order valence-corrected chi connectivity index (χ2v) is 4.33. The quantitative estimate of drug-likeness (QED) is 0.799. The average Bonchev–Trinajstić information content (AvgIpc) is 2.29. The van der Waals surface area contributed by atoms with E-state index in [1.807, 2.05) is 0 Å². The molecule has 17 heavy (non-hydrogen) atoms. The van der Waals surface area contributed by atoms with Crippen LogP contribution in [0.3, 0.4) is 0 Å². The molecule has 0 aliphatic rings. The zero-order valence-corrected chi connectivity index (χ0v) is 10.7. The lowest BCUT2D eigenvalue weighted by Crippen LogP contribution is -2.23. The molecule has 0 aromatic carbocycles. The summed E-state index contributed by atoms with van der Waals surface area (Å²) < 4.78 is 7.11. The molecule has 4 nitrogen and oxygen atoms in total. The molecule has 88 valence electrons. The molecular weight excluding hydrogens is 286 g/mol. The average molecular weight is 296 g/mol. The van der Waals surface area contributed by atoms with E-state index in [1.54, 1.807) is 31.3 Å². The highest BCUT2D eigenvalue weighted by Crippen LogP contribution is 2.12. The first-order valence-corrected chi connectivity index (χ1v) is 5.91. The maximum absolute atomic E-state index is 12.0. The Balaban J connectivity index is 2.62. The summed E-state index contributed by atoms with van der Waals surface area (Å²) in [6.07, 6.45) is 1.62. The molecule has 2 heterocycles. The van der Waals surface area contributed by atoms with E-state index in [2.05, 4.69) is 15.9 Å². The largest absolute Gasteiger partial charge is 0.462 e. The molecule has 0 amide bonds. The number of hydrogen-bond donors (Lipinski definition) is 0. The van der Waals surface area contributed by atoms with Crippen molar-refractivity contribution < 1.29 is 9.53 Å². The van der Waals surface area contributed by atoms with E-state index in [1.165, 1.54) is 10.5 Å². The third-order valence-electron chi connectivity index (χ3n) is 2.31. The first-order chi connectivity index (χ1) is 8.13. The lowest BCUT2D eigenvalue weighted by molar-refractivity contribution is 0.0524. The Hall–Kier alpha value is -1.62. The Bertz CT molecular complexity index is 633. The number of ether oxygens (including phenoxy) is 1. The molecule has 0 radical (unpaired) electrons. The van der Waals surface area contributed by atoms with Gasteiger partial charge in [-0.05, 0) is 31.2 Å². The molecule has 0 fully saturated rings. The highest BCUT2D eigenvalue weighted by atomic mass is 79.9. The van der Waals surface area contributed by atoms with Gasteiger partial charge in [0.15, 0.2) is 0 Å². The van der Waals surface area contributed by atoms with Crippen molar-refractivity contribution >= 4 is 27.4 Å². The van der Waals surface area contributed by atoms with Crippen LogP contribution in [0.4, 0.5) is 0 Å². The van der Waals surface area contributed by atoms with Crippen LogP contribution < -0.4 is 5.56 Å². The van der Waals surface area contributed by atoms with Gasteiger partial charge in [0.25, 0.3) is 5.56 Å². The van der Waals surface area contributed by atoms with E-state index >= 15 is 0 Å². The molecule has 0 unspecified atom stereocenters. The Morgan fingerprint density at radius 3 is 2.88 bits per heavy atom. The van der Waals surface area contributed by atoms with Crippen molar-refractivity contribution in [1.82, 2.24) is 4.40 Å². The summed E-state index contributed by atoms with van der Waals surface area (Å²) in [5.74, 6) is -0.588. The van der Waals surface area contributed by atoms with Gasteiger partial charge in [0.05, 0.1) is 6.61 Å². The smallest absolute Gasteiger partial charge is 0.343 e. The van der Waals surface area contributed by atoms with E-state index in [4.69, 9.17) is 4.74 Å². The standard InChI is InChI=1S/C12H10BrNO3/c1-2-17-12(16)10-4-3-9-7-8(13)5-6-14(9)11(10)15/h3-7H,2H2,1H3. The second kappa shape index (κ2) is 4.71. The monoisotopic (exact) mass is 295 g/mol. The van der Waals surface area contributed by atoms with Crippen molar-refractivity contribution in [3.05, 3.63) is 50.9 Å². The third-order valence-corrected chi connectivity index (χ3v) is 2.81. The fourth-order valence-electron chi connectivity index (χ4n) is 1.54. The highest BCUT2D eigenvalue weighted by molar-refractivity contribution is 9.10. The third kappa shape index (κ3) is 2.24. The van der Waals surface area contributed by atoms with Gasteiger partial charge in [-0.3, -0.25) is 9.20 Å². The minimum Gasteiger partial charge on any atom is -0.462 e. The van der Waals surface area contributed by atoms with Crippen LogP contribution >= 0.6 is 15.9 Å². The van der Waals surface area contributed by atoms with Gasteiger partial charge in [0, 0.05) is 16.2 Å². The van der Waals surface area contributed by atoms with Crippen LogP contribution in [0.2, 0.25) is 0 Å². The van der Waals surface area contributed by atoms with Crippen LogP contribution in [0, 0.1) is 0 Å². The van der Waals surface area contributed by atoms with Crippen LogP contribution in [-0.2, 0) is 4.74 Å². The lowest BCUT2D eigenvalue weighted by atomic mass is 10.2. The Morgan fingerprint density at radius 1 is 1.41 bits per heavy atom. The predicted molar refractivity (Wildman–Crippen MR) is 67.3 cm³/mol. The summed E-state index contributed by atoms with van der Waals surface area (Å²) in [4.78, 5) is 23.5. The number of nitrogens with zero attached hydrogens (tertiary/aromatic N) is 1. The minimum absolute atomic E-state index is 0.0478. The lowest BCUT2D eigenvalue weighted by Gasteiger charge is -2.04. The zero-order chi connectivity index (χ0) is 12.4. The normalized spacial score (nSPS) is 10.5. The summed E-state index contributed by atoms with van der Waals surface area (Å²) in [5.41, 5.74) is 0.401. The van der Waals surface area contributed by atoms with E-state index in [0.717, 1.165) is 9.99 Å². The van der Waals surface area contributed by atoms with Crippen molar-refractivity contribution in [3.63, 3.8) is 0 Å². The molecule has 0 bridgehead atoms. The number of carbonyl (C=O) groups is 1. The van der Waals surface area contributed by atoms with Crippen LogP contribution in [0.1, 0.15) is 17.3 Å². The van der Waals surface area contributed by atoms with Gasteiger partial charge in [0.2, 0.25) is 0 Å². The van der Waals surface area contributed by atoms with Gasteiger partial charge in [-0.1, -0.05) is 15.9 Å². The fraction of sp³-hybridized carbons (Fsp3) is 0.167. The fourth-order valence-corrected chi connectivity index (χ4v) is 1.89. The van der Waals surface area contributed by atoms with Crippen molar-refractivity contribution in [1.29, 1.82) is 0 Å². The number of aromatic nitrogens is 1. The highest BCUT2D eigenvalue weighted by Gasteiger charge is 2.12. The maximum atomic E-state index is 12.0. The Labute approximate surface area is 106 Å². The van der Waals surface area contributed by atoms with Gasteiger partial charge < -0.3 is 4.74 Å².